The van der Waals surface area contributed by atoms with Crippen LogP contribution in [0.3, 0.4) is 0 Å². The second-order valence-corrected chi connectivity index (χ2v) is 4.18. The minimum absolute atomic E-state index is 0.918. The van der Waals surface area contributed by atoms with Gasteiger partial charge >= 0.3 is 0 Å². The van der Waals surface area contributed by atoms with Gasteiger partial charge in [-0.25, -0.2) is 0 Å². The average molecular weight is 230 g/mol. The van der Waals surface area contributed by atoms with Gasteiger partial charge in [0, 0.05) is 19.3 Å². The summed E-state index contributed by atoms with van der Waals surface area (Å²) >= 11 is 0. The molecule has 0 unspecified atom stereocenters. The standard InChI is InChI=1S/C13H18N4/c1-12-3-5-13(6-4-12)11-14-7-2-9-17-10-8-15-16-17/h3-6,8,10,14H,2,7,9,11H2,1H3. The van der Waals surface area contributed by atoms with Crippen LogP contribution in [0.15, 0.2) is 36.7 Å². The Balaban J connectivity index is 1.61. The van der Waals surface area contributed by atoms with Crippen LogP contribution in [-0.4, -0.2) is 21.5 Å². The molecule has 0 spiro atoms. The molecule has 0 bridgehead atoms. The van der Waals surface area contributed by atoms with Gasteiger partial charge in [-0.3, -0.25) is 4.68 Å². The highest BCUT2D eigenvalue weighted by Crippen LogP contribution is 2.02. The second kappa shape index (κ2) is 6.15. The molecule has 4 nitrogen and oxygen atoms in total. The molecule has 0 aliphatic heterocycles. The van der Waals surface area contributed by atoms with Gasteiger partial charge < -0.3 is 5.32 Å². The molecular formula is C13H18N4. The van der Waals surface area contributed by atoms with Crippen LogP contribution >= 0.6 is 0 Å². The van der Waals surface area contributed by atoms with Crippen LogP contribution in [0.25, 0.3) is 0 Å². The Bertz CT molecular complexity index is 419. The predicted octanol–water partition coefficient (Wildman–Crippen LogP) is 1.77. The van der Waals surface area contributed by atoms with Gasteiger partial charge in [0.1, 0.15) is 0 Å². The summed E-state index contributed by atoms with van der Waals surface area (Å²) in [6.45, 7) is 4.95. The topological polar surface area (TPSA) is 42.7 Å². The summed E-state index contributed by atoms with van der Waals surface area (Å²) < 4.78 is 1.85. The maximum Gasteiger partial charge on any atom is 0.0692 e. The fraction of sp³-hybridized carbons (Fsp3) is 0.385. The molecule has 1 aromatic heterocycles. The van der Waals surface area contributed by atoms with Crippen LogP contribution in [0, 0.1) is 6.92 Å². The quantitative estimate of drug-likeness (QED) is 0.769. The Hall–Kier alpha value is -1.68. The summed E-state index contributed by atoms with van der Waals surface area (Å²) in [6, 6.07) is 8.62. The van der Waals surface area contributed by atoms with E-state index in [0.29, 0.717) is 0 Å². The maximum atomic E-state index is 3.92. The molecule has 1 N–H and O–H groups in total. The van der Waals surface area contributed by atoms with E-state index in [2.05, 4.69) is 46.8 Å². The Kier molecular flexibility index (Phi) is 4.27. The first-order chi connectivity index (χ1) is 8.34. The van der Waals surface area contributed by atoms with E-state index in [9.17, 15) is 0 Å². The molecular weight excluding hydrogens is 212 g/mol. The van der Waals surface area contributed by atoms with Crippen molar-refractivity contribution in [2.24, 2.45) is 0 Å². The van der Waals surface area contributed by atoms with Crippen molar-refractivity contribution in [3.8, 4) is 0 Å². The summed E-state index contributed by atoms with van der Waals surface area (Å²) in [5.74, 6) is 0. The van der Waals surface area contributed by atoms with Crippen LogP contribution in [0.2, 0.25) is 0 Å². The molecule has 0 saturated heterocycles. The van der Waals surface area contributed by atoms with E-state index in [0.717, 1.165) is 26.1 Å². The lowest BCUT2D eigenvalue weighted by molar-refractivity contribution is 0.530. The Morgan fingerprint density at radius 2 is 2.06 bits per heavy atom. The lowest BCUT2D eigenvalue weighted by Gasteiger charge is -2.05. The summed E-state index contributed by atoms with van der Waals surface area (Å²) in [4.78, 5) is 0. The highest BCUT2D eigenvalue weighted by molar-refractivity contribution is 5.20. The van der Waals surface area contributed by atoms with E-state index in [4.69, 9.17) is 0 Å². The highest BCUT2D eigenvalue weighted by Gasteiger charge is 1.94. The Morgan fingerprint density at radius 3 is 2.76 bits per heavy atom. The van der Waals surface area contributed by atoms with Crippen LogP contribution in [0.5, 0.6) is 0 Å². The second-order valence-electron chi connectivity index (χ2n) is 4.18. The van der Waals surface area contributed by atoms with Crippen LogP contribution in [0.4, 0.5) is 0 Å². The normalized spacial score (nSPS) is 10.6. The first-order valence-electron chi connectivity index (χ1n) is 5.95. The fourth-order valence-corrected chi connectivity index (χ4v) is 1.66. The zero-order chi connectivity index (χ0) is 11.9. The largest absolute Gasteiger partial charge is 0.313 e. The van der Waals surface area contributed by atoms with Crippen molar-refractivity contribution in [2.75, 3.05) is 6.54 Å². The van der Waals surface area contributed by atoms with Crippen molar-refractivity contribution in [3.63, 3.8) is 0 Å². The average Bonchev–Trinajstić information content (AvgIpc) is 2.84. The van der Waals surface area contributed by atoms with E-state index in [1.165, 1.54) is 11.1 Å². The summed E-state index contributed by atoms with van der Waals surface area (Å²) in [6.07, 6.45) is 4.66. The molecule has 1 aromatic carbocycles. The fourth-order valence-electron chi connectivity index (χ4n) is 1.66. The minimum Gasteiger partial charge on any atom is -0.313 e. The van der Waals surface area contributed by atoms with Gasteiger partial charge in [-0.05, 0) is 25.5 Å². The number of aryl methyl sites for hydroxylation is 2. The van der Waals surface area contributed by atoms with Crippen molar-refractivity contribution in [2.45, 2.75) is 26.4 Å². The van der Waals surface area contributed by atoms with E-state index in [1.54, 1.807) is 6.20 Å². The van der Waals surface area contributed by atoms with E-state index in [-0.39, 0.29) is 0 Å². The molecule has 90 valence electrons. The molecule has 0 atom stereocenters. The smallest absolute Gasteiger partial charge is 0.0692 e. The van der Waals surface area contributed by atoms with Crippen molar-refractivity contribution >= 4 is 0 Å². The molecule has 2 rings (SSSR count). The molecule has 0 saturated carbocycles. The first kappa shape index (κ1) is 11.8. The third-order valence-corrected chi connectivity index (χ3v) is 2.66. The number of rotatable bonds is 6. The number of aromatic nitrogens is 3. The van der Waals surface area contributed by atoms with Gasteiger partial charge in [0.05, 0.1) is 6.20 Å². The summed E-state index contributed by atoms with van der Waals surface area (Å²) in [5, 5.41) is 11.1. The van der Waals surface area contributed by atoms with Gasteiger partial charge in [-0.1, -0.05) is 35.0 Å². The number of hydrogen-bond acceptors (Lipinski definition) is 3. The monoisotopic (exact) mass is 230 g/mol. The lowest BCUT2D eigenvalue weighted by Crippen LogP contribution is -2.16. The third kappa shape index (κ3) is 4.00. The molecule has 0 aliphatic rings. The highest BCUT2D eigenvalue weighted by atomic mass is 15.4. The summed E-state index contributed by atoms with van der Waals surface area (Å²) in [7, 11) is 0. The molecule has 1 heterocycles. The molecule has 0 fully saturated rings. The van der Waals surface area contributed by atoms with E-state index in [1.807, 2.05) is 10.9 Å². The zero-order valence-electron chi connectivity index (χ0n) is 10.1. The molecule has 17 heavy (non-hydrogen) atoms. The molecule has 0 amide bonds. The van der Waals surface area contributed by atoms with Crippen LogP contribution in [0.1, 0.15) is 17.5 Å². The maximum absolute atomic E-state index is 3.92. The van der Waals surface area contributed by atoms with Gasteiger partial charge in [0.25, 0.3) is 0 Å². The Labute approximate surface area is 102 Å². The summed E-state index contributed by atoms with van der Waals surface area (Å²) in [5.41, 5.74) is 2.64. The van der Waals surface area contributed by atoms with E-state index >= 15 is 0 Å². The number of nitrogens with zero attached hydrogens (tertiary/aromatic N) is 3. The van der Waals surface area contributed by atoms with Crippen LogP contribution < -0.4 is 5.32 Å². The Morgan fingerprint density at radius 1 is 1.24 bits per heavy atom. The van der Waals surface area contributed by atoms with Gasteiger partial charge in [0.15, 0.2) is 0 Å². The van der Waals surface area contributed by atoms with Crippen molar-refractivity contribution in [1.29, 1.82) is 0 Å². The molecule has 0 radical (unpaired) electrons. The van der Waals surface area contributed by atoms with Crippen molar-refractivity contribution < 1.29 is 0 Å². The number of benzene rings is 1. The lowest BCUT2D eigenvalue weighted by atomic mass is 10.1. The number of hydrogen-bond donors (Lipinski definition) is 1. The van der Waals surface area contributed by atoms with Crippen LogP contribution in [-0.2, 0) is 13.1 Å². The molecule has 0 aliphatic carbocycles. The predicted molar refractivity (Wildman–Crippen MR) is 67.5 cm³/mol. The molecule has 2 aromatic rings. The van der Waals surface area contributed by atoms with Gasteiger partial charge in [0.2, 0.25) is 0 Å². The van der Waals surface area contributed by atoms with Crippen molar-refractivity contribution in [3.05, 3.63) is 47.8 Å². The SMILES string of the molecule is Cc1ccc(CNCCCn2ccnn2)cc1. The molecule has 4 heteroatoms. The van der Waals surface area contributed by atoms with Crippen molar-refractivity contribution in [1.82, 2.24) is 20.3 Å². The van der Waals surface area contributed by atoms with E-state index < -0.39 is 0 Å². The van der Waals surface area contributed by atoms with Gasteiger partial charge in [-0.15, -0.1) is 5.10 Å². The third-order valence-electron chi connectivity index (χ3n) is 2.66. The number of nitrogens with one attached hydrogen (secondary N) is 1. The van der Waals surface area contributed by atoms with Gasteiger partial charge in [-0.2, -0.15) is 0 Å². The minimum atomic E-state index is 0.918. The zero-order valence-corrected chi connectivity index (χ0v) is 10.1. The first-order valence-corrected chi connectivity index (χ1v) is 5.95.